The van der Waals surface area contributed by atoms with Crippen LogP contribution in [0.25, 0.3) is 0 Å². The molecule has 2 atom stereocenters. The predicted octanol–water partition coefficient (Wildman–Crippen LogP) is 1.94. The lowest BCUT2D eigenvalue weighted by Crippen LogP contribution is -2.46. The van der Waals surface area contributed by atoms with E-state index in [1.165, 1.54) is 5.56 Å². The molecule has 4 heteroatoms. The highest BCUT2D eigenvalue weighted by molar-refractivity contribution is 5.85. The van der Waals surface area contributed by atoms with Crippen molar-refractivity contribution < 1.29 is 4.74 Å². The Morgan fingerprint density at radius 1 is 1.44 bits per heavy atom. The molecule has 1 fully saturated rings. The van der Waals surface area contributed by atoms with Crippen molar-refractivity contribution in [1.82, 2.24) is 4.90 Å². The third kappa shape index (κ3) is 3.87. The molecule has 1 aromatic rings. The van der Waals surface area contributed by atoms with Crippen molar-refractivity contribution >= 4 is 12.4 Å². The number of rotatable bonds is 3. The fraction of sp³-hybridized carbons (Fsp3) is 0.571. The molecular weight excluding hydrogens is 248 g/mol. The molecule has 3 nitrogen and oxygen atoms in total. The minimum absolute atomic E-state index is 0. The summed E-state index contributed by atoms with van der Waals surface area (Å²) in [6, 6.07) is 8.63. The summed E-state index contributed by atoms with van der Waals surface area (Å²) in [4.78, 5) is 2.37. The van der Waals surface area contributed by atoms with Crippen LogP contribution < -0.4 is 10.5 Å². The second-order valence-electron chi connectivity index (χ2n) is 5.03. The monoisotopic (exact) mass is 270 g/mol. The van der Waals surface area contributed by atoms with Crippen LogP contribution in [0.1, 0.15) is 12.0 Å². The largest absolute Gasteiger partial charge is 0.497 e. The van der Waals surface area contributed by atoms with Gasteiger partial charge in [0.1, 0.15) is 5.75 Å². The predicted molar refractivity (Wildman–Crippen MR) is 77.5 cm³/mol. The lowest BCUT2D eigenvalue weighted by Gasteiger charge is -2.34. The van der Waals surface area contributed by atoms with Crippen molar-refractivity contribution in [2.24, 2.45) is 11.7 Å². The molecule has 2 N–H and O–H groups in total. The number of halogens is 1. The summed E-state index contributed by atoms with van der Waals surface area (Å²) in [6.45, 7) is 2.22. The Hall–Kier alpha value is -0.770. The Morgan fingerprint density at radius 3 is 2.94 bits per heavy atom. The van der Waals surface area contributed by atoms with E-state index in [4.69, 9.17) is 10.5 Å². The SMILES string of the molecule is COc1cccc(CC2CN(C)CCC2N)c1.Cl. The first-order chi connectivity index (χ1) is 8.19. The molecule has 1 saturated heterocycles. The van der Waals surface area contributed by atoms with E-state index in [0.29, 0.717) is 12.0 Å². The summed E-state index contributed by atoms with van der Waals surface area (Å²) in [6.07, 6.45) is 2.15. The zero-order valence-electron chi connectivity index (χ0n) is 11.1. The standard InChI is InChI=1S/C14H22N2O.ClH/c1-16-7-6-14(15)12(10-16)8-11-4-3-5-13(9-11)17-2;/h3-5,9,12,14H,6-8,10,15H2,1-2H3;1H. The molecule has 0 saturated carbocycles. The summed E-state index contributed by atoms with van der Waals surface area (Å²) >= 11 is 0. The van der Waals surface area contributed by atoms with E-state index in [9.17, 15) is 0 Å². The van der Waals surface area contributed by atoms with Crippen LogP contribution in [-0.4, -0.2) is 38.2 Å². The van der Waals surface area contributed by atoms with Crippen molar-refractivity contribution in [2.75, 3.05) is 27.2 Å². The van der Waals surface area contributed by atoms with E-state index >= 15 is 0 Å². The quantitative estimate of drug-likeness (QED) is 0.912. The molecule has 0 spiro atoms. The summed E-state index contributed by atoms with van der Waals surface area (Å²) in [7, 11) is 3.88. The number of piperidine rings is 1. The Labute approximate surface area is 116 Å². The van der Waals surface area contributed by atoms with Crippen LogP contribution in [0.2, 0.25) is 0 Å². The molecule has 0 bridgehead atoms. The summed E-state index contributed by atoms with van der Waals surface area (Å²) in [5.41, 5.74) is 7.52. The van der Waals surface area contributed by atoms with E-state index < -0.39 is 0 Å². The lowest BCUT2D eigenvalue weighted by molar-refractivity contribution is 0.185. The fourth-order valence-electron chi connectivity index (χ4n) is 2.55. The Balaban J connectivity index is 0.00000162. The number of nitrogens with two attached hydrogens (primary N) is 1. The fourth-order valence-corrected chi connectivity index (χ4v) is 2.55. The zero-order valence-corrected chi connectivity index (χ0v) is 12.0. The maximum atomic E-state index is 6.20. The minimum Gasteiger partial charge on any atom is -0.497 e. The van der Waals surface area contributed by atoms with Gasteiger partial charge in [0, 0.05) is 12.6 Å². The molecular formula is C14H23ClN2O. The summed E-state index contributed by atoms with van der Waals surface area (Å²) < 4.78 is 5.25. The molecule has 2 unspecified atom stereocenters. The van der Waals surface area contributed by atoms with E-state index in [-0.39, 0.29) is 12.4 Å². The maximum Gasteiger partial charge on any atom is 0.119 e. The van der Waals surface area contributed by atoms with Gasteiger partial charge in [-0.1, -0.05) is 12.1 Å². The van der Waals surface area contributed by atoms with E-state index in [0.717, 1.165) is 31.7 Å². The van der Waals surface area contributed by atoms with Crippen molar-refractivity contribution in [1.29, 1.82) is 0 Å². The van der Waals surface area contributed by atoms with E-state index in [1.807, 2.05) is 12.1 Å². The molecule has 18 heavy (non-hydrogen) atoms. The Kier molecular flexibility index (Phi) is 5.93. The molecule has 0 aliphatic carbocycles. The van der Waals surface area contributed by atoms with Crippen LogP contribution in [0.5, 0.6) is 5.75 Å². The topological polar surface area (TPSA) is 38.5 Å². The second kappa shape index (κ2) is 6.98. The lowest BCUT2D eigenvalue weighted by atomic mass is 9.87. The number of methoxy groups -OCH3 is 1. The normalized spacial score (nSPS) is 24.4. The van der Waals surface area contributed by atoms with Crippen molar-refractivity contribution in [3.8, 4) is 5.75 Å². The van der Waals surface area contributed by atoms with Crippen LogP contribution in [0.4, 0.5) is 0 Å². The third-order valence-corrected chi connectivity index (χ3v) is 3.63. The molecule has 1 heterocycles. The molecule has 0 amide bonds. The van der Waals surface area contributed by atoms with Gasteiger partial charge in [-0.15, -0.1) is 12.4 Å². The first-order valence-corrected chi connectivity index (χ1v) is 6.26. The second-order valence-corrected chi connectivity index (χ2v) is 5.03. The third-order valence-electron chi connectivity index (χ3n) is 3.63. The van der Waals surface area contributed by atoms with Crippen LogP contribution >= 0.6 is 12.4 Å². The van der Waals surface area contributed by atoms with Gasteiger partial charge in [0.2, 0.25) is 0 Å². The van der Waals surface area contributed by atoms with Gasteiger partial charge in [-0.05, 0) is 50.0 Å². The number of ether oxygens (including phenoxy) is 1. The number of benzene rings is 1. The first-order valence-electron chi connectivity index (χ1n) is 6.26. The van der Waals surface area contributed by atoms with Gasteiger partial charge in [0.15, 0.2) is 0 Å². The number of hydrogen-bond acceptors (Lipinski definition) is 3. The number of likely N-dealkylation sites (tertiary alicyclic amines) is 1. The van der Waals surface area contributed by atoms with Gasteiger partial charge in [-0.25, -0.2) is 0 Å². The molecule has 1 aromatic carbocycles. The Bertz CT molecular complexity index is 373. The molecule has 0 radical (unpaired) electrons. The van der Waals surface area contributed by atoms with Crippen molar-refractivity contribution in [3.05, 3.63) is 29.8 Å². The average Bonchev–Trinajstić information content (AvgIpc) is 2.34. The van der Waals surface area contributed by atoms with Crippen LogP contribution in [0.15, 0.2) is 24.3 Å². The van der Waals surface area contributed by atoms with Crippen molar-refractivity contribution in [2.45, 2.75) is 18.9 Å². The summed E-state index contributed by atoms with van der Waals surface area (Å²) in [5.74, 6) is 1.49. The average molecular weight is 271 g/mol. The van der Waals surface area contributed by atoms with Gasteiger partial charge >= 0.3 is 0 Å². The van der Waals surface area contributed by atoms with Crippen molar-refractivity contribution in [3.63, 3.8) is 0 Å². The van der Waals surface area contributed by atoms with Crippen LogP contribution in [0.3, 0.4) is 0 Å². The summed E-state index contributed by atoms with van der Waals surface area (Å²) in [5, 5.41) is 0. The zero-order chi connectivity index (χ0) is 12.3. The highest BCUT2D eigenvalue weighted by Gasteiger charge is 2.24. The maximum absolute atomic E-state index is 6.20. The van der Waals surface area contributed by atoms with Gasteiger partial charge in [-0.2, -0.15) is 0 Å². The van der Waals surface area contributed by atoms with Gasteiger partial charge in [0.05, 0.1) is 7.11 Å². The van der Waals surface area contributed by atoms with E-state index in [1.54, 1.807) is 7.11 Å². The van der Waals surface area contributed by atoms with Gasteiger partial charge in [0.25, 0.3) is 0 Å². The number of nitrogens with zero attached hydrogens (tertiary/aromatic N) is 1. The molecule has 2 rings (SSSR count). The van der Waals surface area contributed by atoms with Crippen LogP contribution in [0, 0.1) is 5.92 Å². The Morgan fingerprint density at radius 2 is 2.22 bits per heavy atom. The molecule has 102 valence electrons. The molecule has 1 aliphatic rings. The highest BCUT2D eigenvalue weighted by atomic mass is 35.5. The minimum atomic E-state index is 0. The first kappa shape index (κ1) is 15.3. The molecule has 1 aliphatic heterocycles. The van der Waals surface area contributed by atoms with Crippen LogP contribution in [-0.2, 0) is 6.42 Å². The molecule has 0 aromatic heterocycles. The number of hydrogen-bond donors (Lipinski definition) is 1. The van der Waals surface area contributed by atoms with Gasteiger partial charge < -0.3 is 15.4 Å². The smallest absolute Gasteiger partial charge is 0.119 e. The highest BCUT2D eigenvalue weighted by Crippen LogP contribution is 2.21. The van der Waals surface area contributed by atoms with E-state index in [2.05, 4.69) is 24.1 Å². The van der Waals surface area contributed by atoms with Gasteiger partial charge in [-0.3, -0.25) is 0 Å².